The molecule has 0 spiro atoms. The Balaban J connectivity index is 1.57. The molecule has 1 aliphatic rings. The second kappa shape index (κ2) is 5.87. The average molecular weight is 308 g/mol. The molecule has 118 valence electrons. The van der Waals surface area contributed by atoms with E-state index in [0.29, 0.717) is 5.78 Å². The van der Waals surface area contributed by atoms with Gasteiger partial charge in [-0.2, -0.15) is 14.6 Å². The van der Waals surface area contributed by atoms with Crippen LogP contribution in [0.3, 0.4) is 0 Å². The van der Waals surface area contributed by atoms with Crippen molar-refractivity contribution in [2.45, 2.75) is 26.2 Å². The molecule has 6 nitrogen and oxygen atoms in total. The highest BCUT2D eigenvalue weighted by Crippen LogP contribution is 2.24. The predicted octanol–water partition coefficient (Wildman–Crippen LogP) is 3.17. The van der Waals surface area contributed by atoms with Gasteiger partial charge in [0.05, 0.1) is 0 Å². The number of nitrogens with one attached hydrogen (secondary N) is 1. The Morgan fingerprint density at radius 2 is 1.83 bits per heavy atom. The monoisotopic (exact) mass is 308 g/mol. The van der Waals surface area contributed by atoms with E-state index in [0.717, 1.165) is 30.3 Å². The molecule has 3 aromatic rings. The van der Waals surface area contributed by atoms with Gasteiger partial charge < -0.3 is 10.2 Å². The fourth-order valence-corrected chi connectivity index (χ4v) is 3.08. The topological polar surface area (TPSA) is 58.4 Å². The lowest BCUT2D eigenvalue weighted by molar-refractivity contribution is 0.578. The van der Waals surface area contributed by atoms with Crippen molar-refractivity contribution < 1.29 is 0 Å². The molecule has 0 radical (unpaired) electrons. The minimum absolute atomic E-state index is 0.609. The van der Waals surface area contributed by atoms with Crippen LogP contribution >= 0.6 is 0 Å². The molecule has 0 unspecified atom stereocenters. The van der Waals surface area contributed by atoms with Crippen molar-refractivity contribution in [2.75, 3.05) is 23.3 Å². The second-order valence-corrected chi connectivity index (χ2v) is 5.97. The van der Waals surface area contributed by atoms with Gasteiger partial charge in [0.1, 0.15) is 12.1 Å². The lowest BCUT2D eigenvalue weighted by Crippen LogP contribution is -2.29. The third-order valence-corrected chi connectivity index (χ3v) is 4.24. The molecule has 0 aliphatic carbocycles. The van der Waals surface area contributed by atoms with Crippen molar-refractivity contribution in [2.24, 2.45) is 0 Å². The van der Waals surface area contributed by atoms with Gasteiger partial charge in [-0.15, -0.1) is 0 Å². The maximum Gasteiger partial charge on any atom is 0.254 e. The SMILES string of the molecule is Cc1cc(Nc2ccc(N3CCCCC3)cc2)n2ncnc2n1. The van der Waals surface area contributed by atoms with Gasteiger partial charge in [-0.3, -0.25) is 0 Å². The van der Waals surface area contributed by atoms with Gasteiger partial charge in [-0.25, -0.2) is 4.98 Å². The van der Waals surface area contributed by atoms with Crippen molar-refractivity contribution >= 4 is 23.0 Å². The smallest absolute Gasteiger partial charge is 0.254 e. The maximum atomic E-state index is 4.36. The van der Waals surface area contributed by atoms with Crippen LogP contribution in [-0.4, -0.2) is 32.7 Å². The van der Waals surface area contributed by atoms with E-state index in [-0.39, 0.29) is 0 Å². The highest BCUT2D eigenvalue weighted by Gasteiger charge is 2.11. The van der Waals surface area contributed by atoms with Crippen molar-refractivity contribution in [3.8, 4) is 0 Å². The molecule has 0 saturated carbocycles. The Labute approximate surface area is 135 Å². The minimum atomic E-state index is 0.609. The summed E-state index contributed by atoms with van der Waals surface area (Å²) in [6, 6.07) is 10.6. The first-order chi connectivity index (χ1) is 11.3. The van der Waals surface area contributed by atoms with Crippen molar-refractivity contribution in [1.82, 2.24) is 19.6 Å². The van der Waals surface area contributed by atoms with Crippen LogP contribution in [0.15, 0.2) is 36.7 Å². The van der Waals surface area contributed by atoms with Crippen LogP contribution in [0, 0.1) is 6.92 Å². The van der Waals surface area contributed by atoms with Crippen molar-refractivity contribution in [3.05, 3.63) is 42.4 Å². The number of hydrogen-bond acceptors (Lipinski definition) is 5. The molecule has 1 aliphatic heterocycles. The van der Waals surface area contributed by atoms with Gasteiger partial charge in [0.15, 0.2) is 0 Å². The lowest BCUT2D eigenvalue weighted by atomic mass is 10.1. The van der Waals surface area contributed by atoms with E-state index in [4.69, 9.17) is 0 Å². The quantitative estimate of drug-likeness (QED) is 0.805. The highest BCUT2D eigenvalue weighted by atomic mass is 15.3. The molecule has 1 aromatic carbocycles. The normalized spacial score (nSPS) is 15.1. The predicted molar refractivity (Wildman–Crippen MR) is 91.3 cm³/mol. The largest absolute Gasteiger partial charge is 0.372 e. The summed E-state index contributed by atoms with van der Waals surface area (Å²) in [5.41, 5.74) is 3.25. The Morgan fingerprint density at radius 3 is 2.61 bits per heavy atom. The fraction of sp³-hybridized carbons (Fsp3) is 0.353. The molecule has 1 N–H and O–H groups in total. The van der Waals surface area contributed by atoms with E-state index in [9.17, 15) is 0 Å². The molecule has 0 bridgehead atoms. The van der Waals surface area contributed by atoms with Gasteiger partial charge in [0.2, 0.25) is 0 Å². The molecular weight excluding hydrogens is 288 g/mol. The molecule has 6 heteroatoms. The molecule has 3 heterocycles. The van der Waals surface area contributed by atoms with Gasteiger partial charge in [-0.1, -0.05) is 0 Å². The average Bonchev–Trinajstić information content (AvgIpc) is 3.05. The minimum Gasteiger partial charge on any atom is -0.372 e. The van der Waals surface area contributed by atoms with Crippen LogP contribution in [0.25, 0.3) is 5.78 Å². The van der Waals surface area contributed by atoms with Crippen LogP contribution in [0.4, 0.5) is 17.2 Å². The third-order valence-electron chi connectivity index (χ3n) is 4.24. The summed E-state index contributed by atoms with van der Waals surface area (Å²) in [6.45, 7) is 4.28. The fourth-order valence-electron chi connectivity index (χ4n) is 3.08. The molecule has 23 heavy (non-hydrogen) atoms. The van der Waals surface area contributed by atoms with Crippen LogP contribution in [0.5, 0.6) is 0 Å². The maximum absolute atomic E-state index is 4.36. The number of rotatable bonds is 3. The van der Waals surface area contributed by atoms with E-state index in [2.05, 4.69) is 49.5 Å². The molecule has 2 aromatic heterocycles. The second-order valence-electron chi connectivity index (χ2n) is 5.97. The standard InChI is InChI=1S/C17H20N6/c1-13-11-16(23-17(20-13)18-12-19-23)21-14-5-7-15(8-6-14)22-9-3-2-4-10-22/h5-8,11-12,21H,2-4,9-10H2,1H3. The summed E-state index contributed by atoms with van der Waals surface area (Å²) in [6.07, 6.45) is 5.46. The summed E-state index contributed by atoms with van der Waals surface area (Å²) in [4.78, 5) is 11.0. The zero-order valence-corrected chi connectivity index (χ0v) is 13.2. The van der Waals surface area contributed by atoms with Crippen LogP contribution in [0.1, 0.15) is 25.0 Å². The number of aromatic nitrogens is 4. The summed E-state index contributed by atoms with van der Waals surface area (Å²) >= 11 is 0. The summed E-state index contributed by atoms with van der Waals surface area (Å²) in [5.74, 6) is 1.48. The molecular formula is C17H20N6. The Hall–Kier alpha value is -2.63. The van der Waals surface area contributed by atoms with E-state index in [1.807, 2.05) is 13.0 Å². The Bertz CT molecular complexity index is 802. The van der Waals surface area contributed by atoms with E-state index < -0.39 is 0 Å². The summed E-state index contributed by atoms with van der Waals surface area (Å²) in [5, 5.41) is 7.63. The summed E-state index contributed by atoms with van der Waals surface area (Å²) in [7, 11) is 0. The first kappa shape index (κ1) is 14.0. The van der Waals surface area contributed by atoms with E-state index in [1.165, 1.54) is 31.3 Å². The first-order valence-electron chi connectivity index (χ1n) is 8.09. The van der Waals surface area contributed by atoms with Gasteiger partial charge in [-0.05, 0) is 50.5 Å². The Kier molecular flexibility index (Phi) is 3.57. The number of nitrogens with zero attached hydrogens (tertiary/aromatic N) is 5. The highest BCUT2D eigenvalue weighted by molar-refractivity contribution is 5.62. The Morgan fingerprint density at radius 1 is 1.04 bits per heavy atom. The van der Waals surface area contributed by atoms with Crippen LogP contribution in [-0.2, 0) is 0 Å². The molecule has 0 amide bonds. The zero-order chi connectivity index (χ0) is 15.6. The summed E-state index contributed by atoms with van der Waals surface area (Å²) < 4.78 is 1.71. The number of hydrogen-bond donors (Lipinski definition) is 1. The van der Waals surface area contributed by atoms with Crippen LogP contribution in [0.2, 0.25) is 0 Å². The molecule has 1 fully saturated rings. The third kappa shape index (κ3) is 2.84. The lowest BCUT2D eigenvalue weighted by Gasteiger charge is -2.28. The van der Waals surface area contributed by atoms with E-state index >= 15 is 0 Å². The molecule has 0 atom stereocenters. The zero-order valence-electron chi connectivity index (χ0n) is 13.2. The van der Waals surface area contributed by atoms with Gasteiger partial charge in [0, 0.05) is 36.2 Å². The number of benzene rings is 1. The number of fused-ring (bicyclic) bond motifs is 1. The van der Waals surface area contributed by atoms with Crippen molar-refractivity contribution in [1.29, 1.82) is 0 Å². The first-order valence-corrected chi connectivity index (χ1v) is 8.09. The van der Waals surface area contributed by atoms with Crippen molar-refractivity contribution in [3.63, 3.8) is 0 Å². The molecule has 1 saturated heterocycles. The number of aryl methyl sites for hydroxylation is 1. The number of anilines is 3. The molecule has 4 rings (SSSR count). The van der Waals surface area contributed by atoms with Crippen LogP contribution < -0.4 is 10.2 Å². The van der Waals surface area contributed by atoms with Gasteiger partial charge in [0.25, 0.3) is 5.78 Å². The number of piperidine rings is 1. The van der Waals surface area contributed by atoms with Gasteiger partial charge >= 0.3 is 0 Å². The van der Waals surface area contributed by atoms with E-state index in [1.54, 1.807) is 4.52 Å².